The molecule has 7 atom stereocenters. The number of aryl methyl sites for hydroxylation is 1. The van der Waals surface area contributed by atoms with Gasteiger partial charge in [0.1, 0.15) is 24.4 Å². The number of fused-ring (bicyclic) bond motifs is 9. The smallest absolute Gasteiger partial charge is 0.329 e. The van der Waals surface area contributed by atoms with Crippen LogP contribution in [0.4, 0.5) is 0 Å². The Labute approximate surface area is 313 Å². The van der Waals surface area contributed by atoms with Gasteiger partial charge in [0.15, 0.2) is 29.8 Å². The third-order valence-electron chi connectivity index (χ3n) is 10.9. The molecule has 2 aromatic rings. The number of nitrogens with zero attached hydrogens (tertiary/aromatic N) is 3. The summed E-state index contributed by atoms with van der Waals surface area (Å²) >= 11 is 1.45. The molecule has 0 aromatic heterocycles. The van der Waals surface area contributed by atoms with E-state index in [0.717, 1.165) is 16.7 Å². The molecule has 0 spiro atoms. The number of ether oxygens (including phenoxy) is 7. The van der Waals surface area contributed by atoms with Gasteiger partial charge >= 0.3 is 11.9 Å². The molecule has 0 aliphatic carbocycles. The lowest BCUT2D eigenvalue weighted by Crippen LogP contribution is -2.69. The number of cyclic esters (lactones) is 1. The third-order valence-corrected chi connectivity index (χ3v) is 12.3. The Hall–Kier alpha value is -4.23. The molecule has 2 saturated heterocycles. The van der Waals surface area contributed by atoms with Gasteiger partial charge in [-0.1, -0.05) is 19.9 Å². The van der Waals surface area contributed by atoms with Gasteiger partial charge < -0.3 is 38.5 Å². The molecule has 0 saturated carbocycles. The summed E-state index contributed by atoms with van der Waals surface area (Å²) in [6, 6.07) is 1.32. The van der Waals surface area contributed by atoms with Crippen LogP contribution in [0, 0.1) is 31.1 Å². The minimum absolute atomic E-state index is 0.0159. The molecule has 5 aliphatic heterocycles. The van der Waals surface area contributed by atoms with Crippen molar-refractivity contribution in [2.24, 2.45) is 5.92 Å². The Morgan fingerprint density at radius 2 is 1.85 bits per heavy atom. The van der Waals surface area contributed by atoms with Crippen molar-refractivity contribution in [3.63, 3.8) is 0 Å². The van der Waals surface area contributed by atoms with Crippen molar-refractivity contribution >= 4 is 29.6 Å². The second-order valence-electron chi connectivity index (χ2n) is 14.6. The fraction of sp³-hybridized carbons (Fsp3) is 0.579. The van der Waals surface area contributed by atoms with Crippen LogP contribution in [0.15, 0.2) is 6.07 Å². The summed E-state index contributed by atoms with van der Waals surface area (Å²) in [6.07, 6.45) is 0.794. The van der Waals surface area contributed by atoms with E-state index in [9.17, 15) is 19.6 Å². The Kier molecular flexibility index (Phi) is 10.2. The van der Waals surface area contributed by atoms with Gasteiger partial charge in [0.2, 0.25) is 12.7 Å². The number of methoxy groups -OCH3 is 2. The minimum Gasteiger partial charge on any atom is -0.493 e. The predicted molar refractivity (Wildman–Crippen MR) is 192 cm³/mol. The third kappa shape index (κ3) is 6.13. The fourth-order valence-corrected chi connectivity index (χ4v) is 10.4. The number of thioether (sulfide) groups is 1. The number of carbonyl (C=O) groups excluding carboxylic acids is 3. The van der Waals surface area contributed by atoms with E-state index in [4.69, 9.17) is 33.2 Å². The molecule has 2 aromatic carbocycles. The number of benzene rings is 2. The van der Waals surface area contributed by atoms with Crippen molar-refractivity contribution in [3.8, 4) is 34.8 Å². The molecule has 0 radical (unpaired) electrons. The molecule has 7 rings (SSSR count). The molecule has 1 amide bonds. The Bertz CT molecular complexity index is 1880. The molecule has 1 N–H and O–H groups in total. The highest BCUT2D eigenvalue weighted by Crippen LogP contribution is 2.64. The van der Waals surface area contributed by atoms with Gasteiger partial charge in [-0.05, 0) is 44.4 Å². The molecule has 284 valence electrons. The van der Waals surface area contributed by atoms with Gasteiger partial charge in [-0.25, -0.2) is 4.79 Å². The van der Waals surface area contributed by atoms with E-state index in [-0.39, 0.29) is 56.3 Å². The first-order valence-electron chi connectivity index (χ1n) is 17.8. The summed E-state index contributed by atoms with van der Waals surface area (Å²) in [6.45, 7) is 8.81. The van der Waals surface area contributed by atoms with Crippen LogP contribution in [0.1, 0.15) is 77.9 Å². The van der Waals surface area contributed by atoms with E-state index in [2.05, 4.69) is 27.3 Å². The predicted octanol–water partition coefficient (Wildman–Crippen LogP) is 4.04. The average Bonchev–Trinajstić information content (AvgIpc) is 3.60. The summed E-state index contributed by atoms with van der Waals surface area (Å²) in [7, 11) is 5.20. The van der Waals surface area contributed by atoms with Crippen molar-refractivity contribution in [1.29, 1.82) is 5.26 Å². The van der Waals surface area contributed by atoms with E-state index in [1.165, 1.54) is 18.7 Å². The monoisotopic (exact) mass is 750 g/mol. The second kappa shape index (κ2) is 14.5. The molecule has 2 unspecified atom stereocenters. The van der Waals surface area contributed by atoms with Crippen LogP contribution in [0.5, 0.6) is 28.7 Å². The lowest BCUT2D eigenvalue weighted by molar-refractivity contribution is -0.152. The summed E-state index contributed by atoms with van der Waals surface area (Å²) in [5.41, 5.74) is 4.80. The van der Waals surface area contributed by atoms with Crippen molar-refractivity contribution in [2.75, 3.05) is 47.2 Å². The number of likely N-dealkylation sites (N-methyl/N-ethyl adjacent to an activating group) is 1. The van der Waals surface area contributed by atoms with Crippen LogP contribution in [0.25, 0.3) is 0 Å². The highest BCUT2D eigenvalue weighted by molar-refractivity contribution is 7.99. The largest absolute Gasteiger partial charge is 0.493 e. The van der Waals surface area contributed by atoms with Crippen molar-refractivity contribution < 1.29 is 47.5 Å². The molecule has 53 heavy (non-hydrogen) atoms. The number of hydrogen-bond donors (Lipinski definition) is 1. The van der Waals surface area contributed by atoms with Crippen LogP contribution >= 0.6 is 11.8 Å². The van der Waals surface area contributed by atoms with Crippen LogP contribution in [-0.4, -0.2) is 99.0 Å². The van der Waals surface area contributed by atoms with Gasteiger partial charge in [0, 0.05) is 60.5 Å². The second-order valence-corrected chi connectivity index (χ2v) is 15.8. The molecule has 2 fully saturated rings. The molecule has 15 heteroatoms. The first kappa shape index (κ1) is 37.1. The van der Waals surface area contributed by atoms with Crippen molar-refractivity contribution in [2.45, 2.75) is 89.0 Å². The highest BCUT2D eigenvalue weighted by atomic mass is 32.2. The number of nitriles is 1. The van der Waals surface area contributed by atoms with E-state index in [0.29, 0.717) is 51.9 Å². The summed E-state index contributed by atoms with van der Waals surface area (Å²) < 4.78 is 42.1. The molecule has 5 aliphatic rings. The number of carbonyl (C=O) groups is 3. The number of hydrogen-bond acceptors (Lipinski definition) is 14. The standard InChI is InChI=1S/C38H46N4O10S/c1-17(2)9-26(44)40-22-14-53-37-29-28(36-34(50-16-51-36)19(4)33(29)52-20(5)43)25(13-48-38(22)45)42-24(12-39)23-11-21-10-18(3)32(47-8)35(49-15-46-7)27(21)30(31(37)42)41(23)6/h10,17,22-25,30-31,37H,9,11,13-16H2,1-8H3,(H,40,44)/t22?,23-,24-,25-,30+,31?,37+/m0/s1. The van der Waals surface area contributed by atoms with Gasteiger partial charge in [-0.3, -0.25) is 19.4 Å². The summed E-state index contributed by atoms with van der Waals surface area (Å²) in [4.78, 5) is 44.1. The van der Waals surface area contributed by atoms with E-state index in [1.54, 1.807) is 14.2 Å². The SMILES string of the molecule is COCOc1c(OC)c(C)cc2c1[C@@H]1C3[C@@H]4SCC(NC(=O)CC(C)C)C(=O)OC[C@@H](c5c6c(c(C)c(OC(C)=O)c54)OCO6)N3[C@@H](C#N)[C@H](C2)N1C. The number of rotatable bonds is 8. The Morgan fingerprint density at radius 1 is 1.09 bits per heavy atom. The van der Waals surface area contributed by atoms with E-state index >= 15 is 0 Å². The number of nitrogens with one attached hydrogen (secondary N) is 1. The molecular formula is C38H46N4O10S. The molecule has 14 nitrogen and oxygen atoms in total. The van der Waals surface area contributed by atoms with Crippen LogP contribution in [0.3, 0.4) is 0 Å². The zero-order chi connectivity index (χ0) is 37.9. The van der Waals surface area contributed by atoms with Crippen LogP contribution < -0.4 is 29.0 Å². The Morgan fingerprint density at radius 3 is 2.53 bits per heavy atom. The highest BCUT2D eigenvalue weighted by Gasteiger charge is 2.61. The fourth-order valence-electron chi connectivity index (χ4n) is 8.93. The summed E-state index contributed by atoms with van der Waals surface area (Å²) in [5.74, 6) is 1.31. The maximum Gasteiger partial charge on any atom is 0.329 e. The first-order chi connectivity index (χ1) is 25.4. The van der Waals surface area contributed by atoms with Crippen molar-refractivity contribution in [1.82, 2.24) is 15.1 Å². The number of piperazine rings is 1. The quantitative estimate of drug-likeness (QED) is 0.234. The number of amides is 1. The zero-order valence-corrected chi connectivity index (χ0v) is 32.1. The maximum atomic E-state index is 13.8. The molecular weight excluding hydrogens is 705 g/mol. The lowest BCUT2D eigenvalue weighted by atomic mass is 9.71. The molecule has 4 bridgehead atoms. The van der Waals surface area contributed by atoms with Crippen LogP contribution in [-0.2, 0) is 30.3 Å². The van der Waals surface area contributed by atoms with Gasteiger partial charge in [-0.2, -0.15) is 5.26 Å². The van der Waals surface area contributed by atoms with Gasteiger partial charge in [0.25, 0.3) is 0 Å². The maximum absolute atomic E-state index is 13.8. The van der Waals surface area contributed by atoms with E-state index < -0.39 is 41.4 Å². The van der Waals surface area contributed by atoms with Crippen LogP contribution in [0.2, 0.25) is 0 Å². The zero-order valence-electron chi connectivity index (χ0n) is 31.3. The van der Waals surface area contributed by atoms with Gasteiger partial charge in [0.05, 0.1) is 30.5 Å². The normalized spacial score (nSPS) is 27.2. The summed E-state index contributed by atoms with van der Waals surface area (Å²) in [5, 5.41) is 13.5. The minimum atomic E-state index is -0.947. The van der Waals surface area contributed by atoms with E-state index in [1.807, 2.05) is 34.7 Å². The first-order valence-corrected chi connectivity index (χ1v) is 18.9. The Balaban J connectivity index is 1.50. The molecule has 5 heterocycles. The topological polar surface area (TPSA) is 158 Å². The lowest BCUT2D eigenvalue weighted by Gasteiger charge is -2.61. The number of esters is 2. The van der Waals surface area contributed by atoms with Crippen molar-refractivity contribution in [3.05, 3.63) is 39.4 Å². The average molecular weight is 751 g/mol. The van der Waals surface area contributed by atoms with Gasteiger partial charge in [-0.15, -0.1) is 11.8 Å².